The summed E-state index contributed by atoms with van der Waals surface area (Å²) in [6.45, 7) is 6.61. The van der Waals surface area contributed by atoms with Gasteiger partial charge in [-0.1, -0.05) is 6.92 Å². The molecule has 1 rings (SSSR count). The molecule has 1 fully saturated rings. The summed E-state index contributed by atoms with van der Waals surface area (Å²) in [5.74, 6) is -0.715. The molecule has 1 aliphatic rings. The van der Waals surface area contributed by atoms with Crippen molar-refractivity contribution in [2.75, 3.05) is 19.8 Å². The highest BCUT2D eigenvalue weighted by atomic mass is 16.5. The lowest BCUT2D eigenvalue weighted by Gasteiger charge is -2.37. The molecule has 4 nitrogen and oxygen atoms in total. The van der Waals surface area contributed by atoms with Gasteiger partial charge in [-0.05, 0) is 26.3 Å². The van der Waals surface area contributed by atoms with E-state index in [-0.39, 0.29) is 12.5 Å². The van der Waals surface area contributed by atoms with Crippen LogP contribution in [0.2, 0.25) is 0 Å². The average Bonchev–Trinajstić information content (AvgIpc) is 2.19. The minimum Gasteiger partial charge on any atom is -0.481 e. The predicted octanol–water partition coefficient (Wildman–Crippen LogP) is 1.35. The largest absolute Gasteiger partial charge is 0.481 e. The van der Waals surface area contributed by atoms with E-state index in [1.165, 1.54) is 0 Å². The van der Waals surface area contributed by atoms with Gasteiger partial charge in [-0.2, -0.15) is 0 Å². The number of carbonyl (C=O) groups is 1. The number of carboxylic acid groups (broad SMARTS) is 1. The Bertz CT molecular complexity index is 202. The quantitative estimate of drug-likeness (QED) is 0.752. The molecule has 1 N–H and O–H groups in total. The molecule has 0 aromatic rings. The van der Waals surface area contributed by atoms with Crippen LogP contribution in [0.1, 0.15) is 33.1 Å². The highest BCUT2D eigenvalue weighted by Gasteiger charge is 2.25. The molecule has 1 heterocycles. The molecule has 0 saturated carbocycles. The minimum atomic E-state index is -0.715. The minimum absolute atomic E-state index is 0.121. The maximum absolute atomic E-state index is 10.7. The van der Waals surface area contributed by atoms with Gasteiger partial charge in [-0.25, -0.2) is 0 Å². The zero-order valence-corrected chi connectivity index (χ0v) is 9.61. The fraction of sp³-hybridized carbons (Fsp3) is 0.909. The number of carboxylic acids is 1. The highest BCUT2D eigenvalue weighted by Crippen LogP contribution is 2.18. The molecular formula is C11H21NO3. The third kappa shape index (κ3) is 3.80. The maximum atomic E-state index is 10.7. The van der Waals surface area contributed by atoms with Crippen molar-refractivity contribution in [3.8, 4) is 0 Å². The first kappa shape index (κ1) is 12.5. The summed E-state index contributed by atoms with van der Waals surface area (Å²) in [6.07, 6.45) is 2.28. The first-order valence-electron chi connectivity index (χ1n) is 5.70. The van der Waals surface area contributed by atoms with Gasteiger partial charge in [0, 0.05) is 25.3 Å². The first-order chi connectivity index (χ1) is 7.15. The van der Waals surface area contributed by atoms with Gasteiger partial charge in [0.2, 0.25) is 0 Å². The Labute approximate surface area is 91.2 Å². The Morgan fingerprint density at radius 3 is 2.60 bits per heavy atom. The number of nitrogens with zero attached hydrogens (tertiary/aromatic N) is 1. The SMILES string of the molecule is CCN(C(C)CC(=O)O)C1CCOCC1. The topological polar surface area (TPSA) is 49.8 Å². The van der Waals surface area contributed by atoms with E-state index in [1.807, 2.05) is 6.92 Å². The monoisotopic (exact) mass is 215 g/mol. The van der Waals surface area contributed by atoms with Gasteiger partial charge in [0.1, 0.15) is 0 Å². The van der Waals surface area contributed by atoms with Crippen LogP contribution in [0.25, 0.3) is 0 Å². The second-order valence-electron chi connectivity index (χ2n) is 4.12. The molecular weight excluding hydrogens is 194 g/mol. The van der Waals surface area contributed by atoms with Crippen LogP contribution in [-0.2, 0) is 9.53 Å². The van der Waals surface area contributed by atoms with E-state index in [4.69, 9.17) is 9.84 Å². The van der Waals surface area contributed by atoms with Gasteiger partial charge in [-0.3, -0.25) is 9.69 Å². The molecule has 1 saturated heterocycles. The van der Waals surface area contributed by atoms with Crippen LogP contribution in [-0.4, -0.2) is 47.8 Å². The van der Waals surface area contributed by atoms with Crippen molar-refractivity contribution < 1.29 is 14.6 Å². The number of hydrogen-bond acceptors (Lipinski definition) is 3. The van der Waals surface area contributed by atoms with Gasteiger partial charge in [0.05, 0.1) is 6.42 Å². The van der Waals surface area contributed by atoms with Gasteiger partial charge in [-0.15, -0.1) is 0 Å². The van der Waals surface area contributed by atoms with E-state index in [0.717, 1.165) is 32.6 Å². The van der Waals surface area contributed by atoms with Crippen LogP contribution >= 0.6 is 0 Å². The maximum Gasteiger partial charge on any atom is 0.304 e. The summed E-state index contributed by atoms with van der Waals surface area (Å²) in [4.78, 5) is 12.9. The van der Waals surface area contributed by atoms with Crippen molar-refractivity contribution in [3.63, 3.8) is 0 Å². The summed E-state index contributed by atoms with van der Waals surface area (Å²) >= 11 is 0. The Balaban J connectivity index is 2.48. The van der Waals surface area contributed by atoms with Gasteiger partial charge >= 0.3 is 5.97 Å². The standard InChI is InChI=1S/C11H21NO3/c1-3-12(9(2)8-11(13)14)10-4-6-15-7-5-10/h9-10H,3-8H2,1-2H3,(H,13,14). The fourth-order valence-corrected chi connectivity index (χ4v) is 2.32. The average molecular weight is 215 g/mol. The van der Waals surface area contributed by atoms with Crippen molar-refractivity contribution in [1.29, 1.82) is 0 Å². The van der Waals surface area contributed by atoms with E-state index in [9.17, 15) is 4.79 Å². The fourth-order valence-electron chi connectivity index (χ4n) is 2.32. The molecule has 0 aromatic carbocycles. The third-order valence-corrected chi connectivity index (χ3v) is 3.06. The second-order valence-corrected chi connectivity index (χ2v) is 4.12. The molecule has 1 aliphatic heterocycles. The van der Waals surface area contributed by atoms with E-state index >= 15 is 0 Å². The molecule has 0 amide bonds. The third-order valence-electron chi connectivity index (χ3n) is 3.06. The molecule has 1 atom stereocenters. The lowest BCUT2D eigenvalue weighted by molar-refractivity contribution is -0.138. The predicted molar refractivity (Wildman–Crippen MR) is 57.9 cm³/mol. The van der Waals surface area contributed by atoms with Gasteiger partial charge in [0.15, 0.2) is 0 Å². The summed E-state index contributed by atoms with van der Waals surface area (Å²) in [5, 5.41) is 8.78. The molecule has 1 unspecified atom stereocenters. The molecule has 0 bridgehead atoms. The molecule has 4 heteroatoms. The molecule has 0 spiro atoms. The Hall–Kier alpha value is -0.610. The Morgan fingerprint density at radius 1 is 1.53 bits per heavy atom. The summed E-state index contributed by atoms with van der Waals surface area (Å²) in [5.41, 5.74) is 0. The van der Waals surface area contributed by atoms with Crippen LogP contribution in [0.5, 0.6) is 0 Å². The van der Waals surface area contributed by atoms with Crippen molar-refractivity contribution >= 4 is 5.97 Å². The summed E-state index contributed by atoms with van der Waals surface area (Å²) < 4.78 is 5.31. The lowest BCUT2D eigenvalue weighted by Crippen LogP contribution is -2.45. The molecule has 0 aromatic heterocycles. The second kappa shape index (κ2) is 6.08. The van der Waals surface area contributed by atoms with Crippen LogP contribution in [0.15, 0.2) is 0 Å². The van der Waals surface area contributed by atoms with Crippen molar-refractivity contribution in [1.82, 2.24) is 4.90 Å². The molecule has 0 radical (unpaired) electrons. The lowest BCUT2D eigenvalue weighted by atomic mass is 10.0. The van der Waals surface area contributed by atoms with E-state index < -0.39 is 5.97 Å². The van der Waals surface area contributed by atoms with Crippen LogP contribution < -0.4 is 0 Å². The van der Waals surface area contributed by atoms with Crippen molar-refractivity contribution in [2.45, 2.75) is 45.2 Å². The van der Waals surface area contributed by atoms with Crippen LogP contribution in [0, 0.1) is 0 Å². The Kier molecular flexibility index (Phi) is 5.05. The number of ether oxygens (including phenoxy) is 1. The van der Waals surface area contributed by atoms with E-state index in [0.29, 0.717) is 6.04 Å². The zero-order chi connectivity index (χ0) is 11.3. The summed E-state index contributed by atoms with van der Waals surface area (Å²) in [7, 11) is 0. The zero-order valence-electron chi connectivity index (χ0n) is 9.61. The van der Waals surface area contributed by atoms with Gasteiger partial charge in [0.25, 0.3) is 0 Å². The smallest absolute Gasteiger partial charge is 0.304 e. The number of hydrogen-bond donors (Lipinski definition) is 1. The first-order valence-corrected chi connectivity index (χ1v) is 5.70. The highest BCUT2D eigenvalue weighted by molar-refractivity contribution is 5.67. The summed E-state index contributed by atoms with van der Waals surface area (Å²) in [6, 6.07) is 0.619. The normalized spacial score (nSPS) is 20.5. The van der Waals surface area contributed by atoms with E-state index in [2.05, 4.69) is 11.8 Å². The number of rotatable bonds is 5. The van der Waals surface area contributed by atoms with Crippen LogP contribution in [0.4, 0.5) is 0 Å². The molecule has 0 aliphatic carbocycles. The number of aliphatic carboxylic acids is 1. The van der Waals surface area contributed by atoms with Crippen LogP contribution in [0.3, 0.4) is 0 Å². The van der Waals surface area contributed by atoms with E-state index in [1.54, 1.807) is 0 Å². The van der Waals surface area contributed by atoms with Crippen molar-refractivity contribution in [3.05, 3.63) is 0 Å². The van der Waals surface area contributed by atoms with Gasteiger partial charge < -0.3 is 9.84 Å². The molecule has 15 heavy (non-hydrogen) atoms. The van der Waals surface area contributed by atoms with Crippen molar-refractivity contribution in [2.24, 2.45) is 0 Å². The Morgan fingerprint density at radius 2 is 2.13 bits per heavy atom. The molecule has 88 valence electrons.